The van der Waals surface area contributed by atoms with E-state index in [-0.39, 0.29) is 16.9 Å². The molecule has 0 spiro atoms. The Balaban J connectivity index is 3.33. The Labute approximate surface area is 88.0 Å². The Morgan fingerprint density at radius 3 is 2.60 bits per heavy atom. The molecule has 0 bridgehead atoms. The first kappa shape index (κ1) is 11.9. The van der Waals surface area contributed by atoms with Crippen LogP contribution in [0.2, 0.25) is 0 Å². The molecule has 1 aromatic carbocycles. The molecule has 0 heterocycles. The van der Waals surface area contributed by atoms with Gasteiger partial charge in [-0.1, -0.05) is 24.3 Å². The molecule has 0 saturated carbocycles. The normalized spacial score (nSPS) is 11.4. The van der Waals surface area contributed by atoms with Gasteiger partial charge in [0.15, 0.2) is 0 Å². The van der Waals surface area contributed by atoms with Gasteiger partial charge in [0, 0.05) is 6.42 Å². The summed E-state index contributed by atoms with van der Waals surface area (Å²) in [6, 6.07) is 4.30. The summed E-state index contributed by atoms with van der Waals surface area (Å²) in [4.78, 5) is -0.271. The fraction of sp³-hybridized carbons (Fsp3) is 0.200. The second-order valence-corrected chi connectivity index (χ2v) is 4.67. The van der Waals surface area contributed by atoms with Gasteiger partial charge in [-0.2, -0.15) is 8.42 Å². The molecule has 0 unspecified atom stereocenters. The van der Waals surface area contributed by atoms with Crippen molar-refractivity contribution in [2.75, 3.05) is 0 Å². The molecule has 5 heteroatoms. The molecular weight excluding hydrogens is 219 g/mol. The van der Waals surface area contributed by atoms with Crippen molar-refractivity contribution in [1.82, 2.24) is 0 Å². The lowest BCUT2D eigenvalue weighted by Gasteiger charge is -2.06. The summed E-state index contributed by atoms with van der Waals surface area (Å²) >= 11 is 0. The van der Waals surface area contributed by atoms with Crippen LogP contribution in [0.25, 0.3) is 0 Å². The van der Waals surface area contributed by atoms with Crippen LogP contribution in [0.5, 0.6) is 0 Å². The number of halogens is 1. The molecule has 0 atom stereocenters. The molecule has 15 heavy (non-hydrogen) atoms. The minimum absolute atomic E-state index is 0.212. The first-order valence-electron chi connectivity index (χ1n) is 4.21. The van der Waals surface area contributed by atoms with Crippen LogP contribution in [0, 0.1) is 6.92 Å². The second kappa shape index (κ2) is 4.12. The van der Waals surface area contributed by atoms with Crippen molar-refractivity contribution in [2.45, 2.75) is 18.2 Å². The maximum atomic E-state index is 12.6. The zero-order chi connectivity index (χ0) is 11.6. The molecule has 0 aliphatic carbocycles. The number of hydrogen-bond donors (Lipinski definition) is 1. The van der Waals surface area contributed by atoms with Crippen molar-refractivity contribution in [1.29, 1.82) is 0 Å². The van der Waals surface area contributed by atoms with Gasteiger partial charge in [0.25, 0.3) is 10.1 Å². The highest BCUT2D eigenvalue weighted by molar-refractivity contribution is 7.85. The number of aryl methyl sites for hydroxylation is 1. The smallest absolute Gasteiger partial charge is 0.282 e. The summed E-state index contributed by atoms with van der Waals surface area (Å²) in [6.07, 6.45) is -0.212. The van der Waals surface area contributed by atoms with Crippen LogP contribution in [0.15, 0.2) is 35.5 Å². The summed E-state index contributed by atoms with van der Waals surface area (Å²) in [6.45, 7) is 4.81. The summed E-state index contributed by atoms with van der Waals surface area (Å²) in [5.41, 5.74) is 1.00. The van der Waals surface area contributed by atoms with Crippen LogP contribution < -0.4 is 0 Å². The van der Waals surface area contributed by atoms with E-state index < -0.39 is 15.9 Å². The van der Waals surface area contributed by atoms with E-state index in [0.717, 1.165) is 5.56 Å². The van der Waals surface area contributed by atoms with Gasteiger partial charge in [0.05, 0.1) is 10.7 Å². The molecule has 1 aromatic rings. The van der Waals surface area contributed by atoms with Gasteiger partial charge in [-0.3, -0.25) is 4.55 Å². The quantitative estimate of drug-likeness (QED) is 0.810. The lowest BCUT2D eigenvalue weighted by atomic mass is 10.1. The second-order valence-electron chi connectivity index (χ2n) is 3.28. The molecule has 1 N–H and O–H groups in total. The SMILES string of the molecule is C=C(F)Cc1cc(C)ccc1S(=O)(=O)O. The molecule has 1 rings (SSSR count). The molecule has 0 saturated heterocycles. The van der Waals surface area contributed by atoms with Crippen LogP contribution >= 0.6 is 0 Å². The van der Waals surface area contributed by atoms with E-state index in [9.17, 15) is 12.8 Å². The van der Waals surface area contributed by atoms with E-state index in [4.69, 9.17) is 4.55 Å². The average molecular weight is 230 g/mol. The predicted octanol–water partition coefficient (Wildman–Crippen LogP) is 2.27. The minimum Gasteiger partial charge on any atom is -0.282 e. The first-order valence-corrected chi connectivity index (χ1v) is 5.65. The van der Waals surface area contributed by atoms with Gasteiger partial charge >= 0.3 is 0 Å². The molecule has 0 radical (unpaired) electrons. The van der Waals surface area contributed by atoms with Crippen molar-refractivity contribution in [3.63, 3.8) is 0 Å². The maximum absolute atomic E-state index is 12.6. The van der Waals surface area contributed by atoms with Crippen molar-refractivity contribution >= 4 is 10.1 Å². The van der Waals surface area contributed by atoms with Gasteiger partial charge in [-0.15, -0.1) is 0 Å². The standard InChI is InChI=1S/C10H11FO3S/c1-7-3-4-10(15(12,13)14)9(5-7)6-8(2)11/h3-5H,2,6H2,1H3,(H,12,13,14). The lowest BCUT2D eigenvalue weighted by molar-refractivity contribution is 0.482. The average Bonchev–Trinajstić information content (AvgIpc) is 1.99. The Morgan fingerprint density at radius 1 is 1.53 bits per heavy atom. The maximum Gasteiger partial charge on any atom is 0.294 e. The van der Waals surface area contributed by atoms with Gasteiger partial charge in [0.2, 0.25) is 0 Å². The van der Waals surface area contributed by atoms with E-state index in [1.54, 1.807) is 6.92 Å². The Hall–Kier alpha value is -1.20. The fourth-order valence-electron chi connectivity index (χ4n) is 1.30. The van der Waals surface area contributed by atoms with Crippen LogP contribution in [0.4, 0.5) is 4.39 Å². The monoisotopic (exact) mass is 230 g/mol. The predicted molar refractivity (Wildman–Crippen MR) is 54.9 cm³/mol. The van der Waals surface area contributed by atoms with Crippen LogP contribution in [-0.4, -0.2) is 13.0 Å². The fourth-order valence-corrected chi connectivity index (χ4v) is 2.01. The summed E-state index contributed by atoms with van der Waals surface area (Å²) in [5.74, 6) is -0.648. The number of allylic oxidation sites excluding steroid dienone is 1. The third kappa shape index (κ3) is 3.14. The minimum atomic E-state index is -4.30. The zero-order valence-electron chi connectivity index (χ0n) is 8.20. The Kier molecular flexibility index (Phi) is 3.26. The summed E-state index contributed by atoms with van der Waals surface area (Å²) in [7, 11) is -4.30. The van der Waals surface area contributed by atoms with E-state index in [1.807, 2.05) is 0 Å². The molecule has 82 valence electrons. The molecule has 0 aliphatic rings. The van der Waals surface area contributed by atoms with Gasteiger partial charge in [0.1, 0.15) is 0 Å². The summed E-state index contributed by atoms with van der Waals surface area (Å²) in [5, 5.41) is 0. The highest BCUT2D eigenvalue weighted by atomic mass is 32.2. The number of rotatable bonds is 3. The van der Waals surface area contributed by atoms with Gasteiger partial charge in [-0.25, -0.2) is 4.39 Å². The Morgan fingerprint density at radius 2 is 2.13 bits per heavy atom. The topological polar surface area (TPSA) is 54.4 Å². The summed E-state index contributed by atoms with van der Waals surface area (Å²) < 4.78 is 43.4. The van der Waals surface area contributed by atoms with Crippen molar-refractivity contribution in [3.8, 4) is 0 Å². The number of hydrogen-bond acceptors (Lipinski definition) is 2. The largest absolute Gasteiger partial charge is 0.294 e. The van der Waals surface area contributed by atoms with E-state index in [2.05, 4.69) is 6.58 Å². The molecule has 0 fully saturated rings. The third-order valence-corrected chi connectivity index (χ3v) is 2.83. The molecular formula is C10H11FO3S. The molecule has 0 aromatic heterocycles. The van der Waals surface area contributed by atoms with Crippen LogP contribution in [0.1, 0.15) is 11.1 Å². The molecule has 3 nitrogen and oxygen atoms in total. The molecule has 0 amide bonds. The highest BCUT2D eigenvalue weighted by Gasteiger charge is 2.15. The van der Waals surface area contributed by atoms with Gasteiger partial charge in [-0.05, 0) is 18.6 Å². The third-order valence-electron chi connectivity index (χ3n) is 1.88. The first-order chi connectivity index (χ1) is 6.80. The van der Waals surface area contributed by atoms with Crippen molar-refractivity contribution < 1.29 is 17.4 Å². The van der Waals surface area contributed by atoms with Gasteiger partial charge < -0.3 is 0 Å². The zero-order valence-corrected chi connectivity index (χ0v) is 9.01. The van der Waals surface area contributed by atoms with E-state index in [1.165, 1.54) is 18.2 Å². The lowest BCUT2D eigenvalue weighted by Crippen LogP contribution is -2.03. The Bertz CT molecular complexity index is 491. The molecule has 0 aliphatic heterocycles. The van der Waals surface area contributed by atoms with Crippen molar-refractivity contribution in [3.05, 3.63) is 41.7 Å². The number of benzene rings is 1. The van der Waals surface area contributed by atoms with Crippen LogP contribution in [0.3, 0.4) is 0 Å². The van der Waals surface area contributed by atoms with Crippen molar-refractivity contribution in [2.24, 2.45) is 0 Å². The van der Waals surface area contributed by atoms with E-state index in [0.29, 0.717) is 0 Å². The highest BCUT2D eigenvalue weighted by Crippen LogP contribution is 2.20. The van der Waals surface area contributed by atoms with E-state index >= 15 is 0 Å². The van der Waals surface area contributed by atoms with Crippen LogP contribution in [-0.2, 0) is 16.5 Å².